The molecule has 0 aliphatic rings. The maximum atomic E-state index is 12.4. The number of aliphatic hydroxyl groups is 2. The third-order valence-electron chi connectivity index (χ3n) is 11.4. The first-order chi connectivity index (χ1) is 26.5. The van der Waals surface area contributed by atoms with Gasteiger partial charge in [-0.3, -0.25) is 9.59 Å². The summed E-state index contributed by atoms with van der Waals surface area (Å²) >= 11 is 0. The minimum absolute atomic E-state index is 0.00215. The molecule has 0 aromatic rings. The monoisotopic (exact) mass is 766 g/mol. The lowest BCUT2D eigenvalue weighted by Crippen LogP contribution is -2.45. The fraction of sp³-hybridized carbons (Fsp3) is 0.958. The van der Waals surface area contributed by atoms with Crippen molar-refractivity contribution >= 4 is 11.9 Å². The van der Waals surface area contributed by atoms with E-state index in [2.05, 4.69) is 19.2 Å². The van der Waals surface area contributed by atoms with Gasteiger partial charge < -0.3 is 20.3 Å². The number of nitrogens with one attached hydrogen (secondary N) is 1. The summed E-state index contributed by atoms with van der Waals surface area (Å²) in [5, 5.41) is 23.0. The third-order valence-corrected chi connectivity index (χ3v) is 11.4. The highest BCUT2D eigenvalue weighted by Gasteiger charge is 2.20. The molecule has 0 radical (unpaired) electrons. The van der Waals surface area contributed by atoms with E-state index in [0.717, 1.165) is 44.9 Å². The molecule has 0 aromatic carbocycles. The van der Waals surface area contributed by atoms with Gasteiger partial charge in [-0.05, 0) is 25.7 Å². The molecule has 6 nitrogen and oxygen atoms in total. The van der Waals surface area contributed by atoms with Gasteiger partial charge in [0.05, 0.1) is 25.4 Å². The lowest BCUT2D eigenvalue weighted by atomic mass is 10.0. The Bertz CT molecular complexity index is 761. The van der Waals surface area contributed by atoms with Gasteiger partial charge in [-0.25, -0.2) is 0 Å². The van der Waals surface area contributed by atoms with Crippen LogP contribution in [-0.4, -0.2) is 47.4 Å². The molecule has 0 spiro atoms. The van der Waals surface area contributed by atoms with Crippen LogP contribution in [0.15, 0.2) is 0 Å². The van der Waals surface area contributed by atoms with E-state index in [1.165, 1.54) is 193 Å². The zero-order valence-corrected chi connectivity index (χ0v) is 36.5. The zero-order valence-electron chi connectivity index (χ0n) is 36.5. The summed E-state index contributed by atoms with van der Waals surface area (Å²) in [6.07, 6.45) is 47.8. The van der Waals surface area contributed by atoms with Crippen LogP contribution in [0.4, 0.5) is 0 Å². The number of aliphatic hydroxyl groups excluding tert-OH is 2. The van der Waals surface area contributed by atoms with Crippen molar-refractivity contribution in [3.05, 3.63) is 0 Å². The van der Waals surface area contributed by atoms with Gasteiger partial charge in [-0.2, -0.15) is 0 Å². The second-order valence-electron chi connectivity index (χ2n) is 16.8. The standard InChI is InChI=1S/C48H95NO5/c1-3-5-7-9-11-13-14-18-22-26-30-34-38-42-48(53)54-43-39-35-31-27-23-20-17-15-16-19-21-25-29-33-37-41-47(52)49-45(44-50)46(51)40-36-32-28-24-12-10-8-6-4-2/h45-46,50-51H,3-44H2,1-2H3,(H,49,52). The van der Waals surface area contributed by atoms with E-state index in [1.54, 1.807) is 0 Å². The number of hydrogen-bond donors (Lipinski definition) is 3. The Morgan fingerprint density at radius 3 is 1.13 bits per heavy atom. The van der Waals surface area contributed by atoms with Gasteiger partial charge in [0, 0.05) is 12.8 Å². The van der Waals surface area contributed by atoms with E-state index in [0.29, 0.717) is 25.9 Å². The predicted octanol–water partition coefficient (Wildman–Crippen LogP) is 14.0. The molecule has 0 saturated heterocycles. The summed E-state index contributed by atoms with van der Waals surface area (Å²) in [5.41, 5.74) is 0. The van der Waals surface area contributed by atoms with E-state index in [-0.39, 0.29) is 18.5 Å². The van der Waals surface area contributed by atoms with Gasteiger partial charge in [-0.1, -0.05) is 232 Å². The van der Waals surface area contributed by atoms with Crippen LogP contribution < -0.4 is 5.32 Å². The summed E-state index contributed by atoms with van der Waals surface area (Å²) in [5.74, 6) is -0.0430. The first-order valence-corrected chi connectivity index (χ1v) is 24.3. The second-order valence-corrected chi connectivity index (χ2v) is 16.8. The lowest BCUT2D eigenvalue weighted by molar-refractivity contribution is -0.143. The van der Waals surface area contributed by atoms with Crippen LogP contribution in [-0.2, 0) is 14.3 Å². The predicted molar refractivity (Wildman–Crippen MR) is 232 cm³/mol. The highest BCUT2D eigenvalue weighted by molar-refractivity contribution is 5.76. The highest BCUT2D eigenvalue weighted by Crippen LogP contribution is 2.16. The summed E-state index contributed by atoms with van der Waals surface area (Å²) in [7, 11) is 0. The Kier molecular flexibility index (Phi) is 43.6. The van der Waals surface area contributed by atoms with Crippen molar-refractivity contribution in [2.75, 3.05) is 13.2 Å². The average Bonchev–Trinajstić information content (AvgIpc) is 3.17. The molecule has 0 heterocycles. The van der Waals surface area contributed by atoms with E-state index in [4.69, 9.17) is 4.74 Å². The number of amides is 1. The molecule has 0 bridgehead atoms. The Morgan fingerprint density at radius 2 is 0.759 bits per heavy atom. The van der Waals surface area contributed by atoms with Crippen LogP contribution in [0, 0.1) is 0 Å². The summed E-state index contributed by atoms with van der Waals surface area (Å²) in [4.78, 5) is 24.4. The third kappa shape index (κ3) is 40.5. The van der Waals surface area contributed by atoms with Crippen LogP contribution in [0.1, 0.15) is 271 Å². The van der Waals surface area contributed by atoms with E-state index >= 15 is 0 Å². The van der Waals surface area contributed by atoms with Crippen molar-refractivity contribution in [3.8, 4) is 0 Å². The van der Waals surface area contributed by atoms with Crippen molar-refractivity contribution in [1.82, 2.24) is 5.32 Å². The number of hydrogen-bond acceptors (Lipinski definition) is 5. The molecule has 3 N–H and O–H groups in total. The number of unbranched alkanes of at least 4 members (excludes halogenated alkanes) is 34. The summed E-state index contributed by atoms with van der Waals surface area (Å²) in [6.45, 7) is 4.92. The number of rotatable bonds is 45. The first-order valence-electron chi connectivity index (χ1n) is 24.3. The van der Waals surface area contributed by atoms with Crippen molar-refractivity contribution in [2.45, 2.75) is 283 Å². The van der Waals surface area contributed by atoms with Gasteiger partial charge in [0.2, 0.25) is 5.91 Å². The van der Waals surface area contributed by atoms with Crippen molar-refractivity contribution in [1.29, 1.82) is 0 Å². The molecule has 1 amide bonds. The number of esters is 1. The van der Waals surface area contributed by atoms with Crippen molar-refractivity contribution in [2.24, 2.45) is 0 Å². The Balaban J connectivity index is 3.39. The molecular formula is C48H95NO5. The fourth-order valence-corrected chi connectivity index (χ4v) is 7.64. The molecule has 0 aliphatic carbocycles. The van der Waals surface area contributed by atoms with Crippen LogP contribution >= 0.6 is 0 Å². The number of carbonyl (C=O) groups is 2. The Morgan fingerprint density at radius 1 is 0.444 bits per heavy atom. The molecule has 0 saturated carbocycles. The molecule has 0 rings (SSSR count). The van der Waals surface area contributed by atoms with Gasteiger partial charge in [0.25, 0.3) is 0 Å². The normalized spacial score (nSPS) is 12.6. The fourth-order valence-electron chi connectivity index (χ4n) is 7.64. The van der Waals surface area contributed by atoms with Gasteiger partial charge in [0.15, 0.2) is 0 Å². The number of carbonyl (C=O) groups excluding carboxylic acids is 2. The van der Waals surface area contributed by atoms with Crippen LogP contribution in [0.5, 0.6) is 0 Å². The first kappa shape index (κ1) is 52.9. The molecule has 0 aromatic heterocycles. The van der Waals surface area contributed by atoms with E-state index < -0.39 is 12.1 Å². The van der Waals surface area contributed by atoms with Crippen LogP contribution in [0.25, 0.3) is 0 Å². The summed E-state index contributed by atoms with van der Waals surface area (Å²) in [6, 6.07) is -0.543. The minimum atomic E-state index is -0.665. The average molecular weight is 766 g/mol. The summed E-state index contributed by atoms with van der Waals surface area (Å²) < 4.78 is 5.46. The molecular weight excluding hydrogens is 671 g/mol. The maximum absolute atomic E-state index is 12.4. The highest BCUT2D eigenvalue weighted by atomic mass is 16.5. The van der Waals surface area contributed by atoms with Gasteiger partial charge >= 0.3 is 5.97 Å². The van der Waals surface area contributed by atoms with Crippen molar-refractivity contribution < 1.29 is 24.5 Å². The van der Waals surface area contributed by atoms with Crippen LogP contribution in [0.3, 0.4) is 0 Å². The molecule has 0 fully saturated rings. The zero-order chi connectivity index (χ0) is 39.4. The largest absolute Gasteiger partial charge is 0.466 e. The molecule has 2 atom stereocenters. The topological polar surface area (TPSA) is 95.9 Å². The Labute approximate surface area is 336 Å². The quantitative estimate of drug-likeness (QED) is 0.0424. The van der Waals surface area contributed by atoms with Gasteiger partial charge in [0.1, 0.15) is 0 Å². The number of ether oxygens (including phenoxy) is 1. The molecule has 2 unspecified atom stereocenters. The smallest absolute Gasteiger partial charge is 0.305 e. The van der Waals surface area contributed by atoms with E-state index in [1.807, 2.05) is 0 Å². The van der Waals surface area contributed by atoms with Gasteiger partial charge in [-0.15, -0.1) is 0 Å². The minimum Gasteiger partial charge on any atom is -0.466 e. The molecule has 0 aliphatic heterocycles. The van der Waals surface area contributed by atoms with E-state index in [9.17, 15) is 19.8 Å². The molecule has 322 valence electrons. The lowest BCUT2D eigenvalue weighted by Gasteiger charge is -2.22. The van der Waals surface area contributed by atoms with Crippen molar-refractivity contribution in [3.63, 3.8) is 0 Å². The maximum Gasteiger partial charge on any atom is 0.305 e. The second kappa shape index (κ2) is 44.6. The molecule has 6 heteroatoms. The Hall–Kier alpha value is -1.14. The van der Waals surface area contributed by atoms with Crippen LogP contribution in [0.2, 0.25) is 0 Å². The molecule has 54 heavy (non-hydrogen) atoms. The SMILES string of the molecule is CCCCCCCCCCCCCCCC(=O)OCCCCCCCCCCCCCCCCCC(=O)NC(CO)C(O)CCCCCCCCCCC.